The molecule has 1 heterocycles. The highest BCUT2D eigenvalue weighted by atomic mass is 79.9. The van der Waals surface area contributed by atoms with Crippen LogP contribution in [-0.4, -0.2) is 17.8 Å². The molecule has 0 radical (unpaired) electrons. The number of carbonyl (C=O) groups is 3. The lowest BCUT2D eigenvalue weighted by Crippen LogP contribution is -2.59. The zero-order valence-corrected chi connectivity index (χ0v) is 11.9. The Bertz CT molecular complexity index is 627. The summed E-state index contributed by atoms with van der Waals surface area (Å²) in [6.45, 7) is 0. The molecule has 1 aliphatic carbocycles. The summed E-state index contributed by atoms with van der Waals surface area (Å²) in [5.74, 6) is -0.965. The fraction of sp³-hybridized carbons (Fsp3) is 0.250. The minimum atomic E-state index is -1.05. The van der Waals surface area contributed by atoms with Crippen molar-refractivity contribution < 1.29 is 14.4 Å². The summed E-state index contributed by atoms with van der Waals surface area (Å²) < 4.78 is 0.522. The van der Waals surface area contributed by atoms with E-state index in [1.165, 1.54) is 0 Å². The number of amides is 4. The molecule has 98 valence electrons. The molecule has 0 unspecified atom stereocenters. The first-order valence-electron chi connectivity index (χ1n) is 5.61. The summed E-state index contributed by atoms with van der Waals surface area (Å²) in [5, 5.41) is 2.71. The van der Waals surface area contributed by atoms with Gasteiger partial charge in [0.05, 0.1) is 5.69 Å². The van der Waals surface area contributed by atoms with Crippen LogP contribution in [0, 0.1) is 5.41 Å². The van der Waals surface area contributed by atoms with E-state index in [4.69, 9.17) is 11.6 Å². The third-order valence-corrected chi connectivity index (χ3v) is 4.24. The van der Waals surface area contributed by atoms with E-state index in [-0.39, 0.29) is 0 Å². The van der Waals surface area contributed by atoms with Gasteiger partial charge in [0.15, 0.2) is 0 Å². The first-order chi connectivity index (χ1) is 8.95. The number of nitrogens with one attached hydrogen (secondary N) is 1. The predicted molar refractivity (Wildman–Crippen MR) is 71.8 cm³/mol. The standard InChI is InChI=1S/C12H8BrClN2O3/c13-7-5-6(14)1-2-8(7)16-10(18)12(3-4-12)9(17)15-11(16)19/h1-2,5H,3-4H2,(H,15,17,19). The first kappa shape index (κ1) is 12.6. The van der Waals surface area contributed by atoms with E-state index in [0.717, 1.165) is 4.90 Å². The van der Waals surface area contributed by atoms with Crippen molar-refractivity contribution >= 4 is 51.1 Å². The molecule has 4 amide bonds. The van der Waals surface area contributed by atoms with Crippen LogP contribution >= 0.6 is 27.5 Å². The number of benzene rings is 1. The van der Waals surface area contributed by atoms with Crippen LogP contribution in [0.3, 0.4) is 0 Å². The fourth-order valence-corrected chi connectivity index (χ4v) is 2.98. The van der Waals surface area contributed by atoms with Crippen LogP contribution in [0.2, 0.25) is 5.02 Å². The van der Waals surface area contributed by atoms with Gasteiger partial charge in [-0.2, -0.15) is 0 Å². The molecular formula is C12H8BrClN2O3. The lowest BCUT2D eigenvalue weighted by molar-refractivity contribution is -0.136. The molecule has 7 heteroatoms. The van der Waals surface area contributed by atoms with Gasteiger partial charge in [0.1, 0.15) is 5.41 Å². The Morgan fingerprint density at radius 3 is 2.53 bits per heavy atom. The SMILES string of the molecule is O=C1NC(=O)C2(CC2)C(=O)N1c1ccc(Cl)cc1Br. The number of halogens is 2. The molecule has 1 spiro atoms. The van der Waals surface area contributed by atoms with Gasteiger partial charge >= 0.3 is 6.03 Å². The van der Waals surface area contributed by atoms with Gasteiger partial charge in [-0.3, -0.25) is 14.9 Å². The van der Waals surface area contributed by atoms with Gasteiger partial charge in [-0.25, -0.2) is 9.69 Å². The Morgan fingerprint density at radius 2 is 1.95 bits per heavy atom. The van der Waals surface area contributed by atoms with Gasteiger partial charge in [-0.15, -0.1) is 0 Å². The first-order valence-corrected chi connectivity index (χ1v) is 6.78. The number of anilines is 1. The number of hydrogen-bond acceptors (Lipinski definition) is 3. The molecule has 0 aromatic heterocycles. The Kier molecular flexibility index (Phi) is 2.69. The molecule has 5 nitrogen and oxygen atoms in total. The van der Waals surface area contributed by atoms with Gasteiger partial charge < -0.3 is 0 Å². The lowest BCUT2D eigenvalue weighted by atomic mass is 10.0. The van der Waals surface area contributed by atoms with E-state index in [1.54, 1.807) is 18.2 Å². The Hall–Kier alpha value is -1.40. The maximum Gasteiger partial charge on any atom is 0.335 e. The second-order valence-corrected chi connectivity index (χ2v) is 5.87. The van der Waals surface area contributed by atoms with Crippen molar-refractivity contribution in [3.05, 3.63) is 27.7 Å². The van der Waals surface area contributed by atoms with Gasteiger partial charge in [0, 0.05) is 9.50 Å². The topological polar surface area (TPSA) is 66.5 Å². The molecule has 2 fully saturated rings. The highest BCUT2D eigenvalue weighted by Gasteiger charge is 2.62. The minimum Gasteiger partial charge on any atom is -0.276 e. The zero-order valence-electron chi connectivity index (χ0n) is 9.57. The van der Waals surface area contributed by atoms with Crippen molar-refractivity contribution in [3.8, 4) is 0 Å². The van der Waals surface area contributed by atoms with Gasteiger partial charge in [-0.1, -0.05) is 11.6 Å². The van der Waals surface area contributed by atoms with Crippen LogP contribution in [-0.2, 0) is 9.59 Å². The minimum absolute atomic E-state index is 0.380. The molecule has 0 bridgehead atoms. The van der Waals surface area contributed by atoms with Gasteiger partial charge in [0.25, 0.3) is 5.91 Å². The van der Waals surface area contributed by atoms with E-state index in [2.05, 4.69) is 21.2 Å². The average molecular weight is 344 g/mol. The predicted octanol–water partition coefficient (Wildman–Crippen LogP) is 2.47. The van der Waals surface area contributed by atoms with Crippen LogP contribution in [0.25, 0.3) is 0 Å². The van der Waals surface area contributed by atoms with Gasteiger partial charge in [-0.05, 0) is 47.0 Å². The Labute approximate surface area is 122 Å². The van der Waals surface area contributed by atoms with E-state index < -0.39 is 23.3 Å². The molecule has 19 heavy (non-hydrogen) atoms. The molecule has 1 aliphatic heterocycles. The highest BCUT2D eigenvalue weighted by Crippen LogP contribution is 2.50. The summed E-state index contributed by atoms with van der Waals surface area (Å²) >= 11 is 9.10. The summed E-state index contributed by atoms with van der Waals surface area (Å²) in [7, 11) is 0. The Morgan fingerprint density at radius 1 is 1.26 bits per heavy atom. The van der Waals surface area contributed by atoms with E-state index in [9.17, 15) is 14.4 Å². The quantitative estimate of drug-likeness (QED) is 0.797. The molecule has 1 saturated heterocycles. The van der Waals surface area contributed by atoms with Crippen LogP contribution in [0.15, 0.2) is 22.7 Å². The number of urea groups is 1. The molecule has 0 atom stereocenters. The third kappa shape index (κ3) is 1.78. The second kappa shape index (κ2) is 4.05. The zero-order chi connectivity index (χ0) is 13.8. The number of nitrogens with zero attached hydrogens (tertiary/aromatic N) is 1. The fourth-order valence-electron chi connectivity index (χ4n) is 2.12. The number of barbiturate groups is 1. The highest BCUT2D eigenvalue weighted by molar-refractivity contribution is 9.10. The van der Waals surface area contributed by atoms with E-state index in [0.29, 0.717) is 28.0 Å². The van der Waals surface area contributed by atoms with Crippen molar-refractivity contribution in [2.24, 2.45) is 5.41 Å². The van der Waals surface area contributed by atoms with Crippen LogP contribution in [0.1, 0.15) is 12.8 Å². The number of imide groups is 2. The molecular weight excluding hydrogens is 335 g/mol. The molecule has 1 aromatic rings. The number of rotatable bonds is 1. The maximum atomic E-state index is 12.4. The van der Waals surface area contributed by atoms with Gasteiger partial charge in [0.2, 0.25) is 5.91 Å². The molecule has 1 saturated carbocycles. The van der Waals surface area contributed by atoms with Crippen molar-refractivity contribution in [2.45, 2.75) is 12.8 Å². The van der Waals surface area contributed by atoms with Crippen LogP contribution in [0.5, 0.6) is 0 Å². The normalized spacial score (nSPS) is 20.7. The molecule has 1 aromatic carbocycles. The van der Waals surface area contributed by atoms with Crippen LogP contribution < -0.4 is 10.2 Å². The number of hydrogen-bond donors (Lipinski definition) is 1. The summed E-state index contributed by atoms with van der Waals surface area (Å²) in [6, 6.07) is 4.01. The van der Waals surface area contributed by atoms with Crippen molar-refractivity contribution in [1.82, 2.24) is 5.32 Å². The van der Waals surface area contributed by atoms with E-state index >= 15 is 0 Å². The molecule has 3 rings (SSSR count). The molecule has 1 N–H and O–H groups in total. The van der Waals surface area contributed by atoms with Crippen LogP contribution in [0.4, 0.5) is 10.5 Å². The maximum absolute atomic E-state index is 12.4. The third-order valence-electron chi connectivity index (χ3n) is 3.37. The summed E-state index contributed by atoms with van der Waals surface area (Å²) in [4.78, 5) is 36.9. The lowest BCUT2D eigenvalue weighted by Gasteiger charge is -2.30. The molecule has 2 aliphatic rings. The van der Waals surface area contributed by atoms with E-state index in [1.807, 2.05) is 0 Å². The Balaban J connectivity index is 2.06. The number of carbonyl (C=O) groups excluding carboxylic acids is 3. The second-order valence-electron chi connectivity index (χ2n) is 4.58. The van der Waals surface area contributed by atoms with Crippen molar-refractivity contribution in [1.29, 1.82) is 0 Å². The summed E-state index contributed by atoms with van der Waals surface area (Å²) in [5.41, 5.74) is -0.668. The van der Waals surface area contributed by atoms with Crippen molar-refractivity contribution in [3.63, 3.8) is 0 Å². The summed E-state index contributed by atoms with van der Waals surface area (Å²) in [6.07, 6.45) is 0.958. The average Bonchev–Trinajstić information content (AvgIpc) is 3.11. The van der Waals surface area contributed by atoms with Crippen molar-refractivity contribution in [2.75, 3.05) is 4.90 Å². The largest absolute Gasteiger partial charge is 0.335 e. The smallest absolute Gasteiger partial charge is 0.276 e. The monoisotopic (exact) mass is 342 g/mol.